The molecular formula is C16H32N2O. The summed E-state index contributed by atoms with van der Waals surface area (Å²) in [6.45, 7) is 10.2. The monoisotopic (exact) mass is 268 g/mol. The van der Waals surface area contributed by atoms with Gasteiger partial charge in [-0.2, -0.15) is 0 Å². The predicted molar refractivity (Wildman–Crippen MR) is 84.2 cm³/mol. The number of hydrogen-bond donors (Lipinski definition) is 0. The first-order valence-corrected chi connectivity index (χ1v) is 7.24. The van der Waals surface area contributed by atoms with Gasteiger partial charge >= 0.3 is 0 Å². The highest BCUT2D eigenvalue weighted by Crippen LogP contribution is 2.15. The normalized spacial score (nSPS) is 11.1. The molecule has 112 valence electrons. The van der Waals surface area contributed by atoms with Crippen molar-refractivity contribution in [2.75, 3.05) is 41.3 Å². The highest BCUT2D eigenvalue weighted by molar-refractivity contribution is 4.93. The van der Waals surface area contributed by atoms with Gasteiger partial charge in [0, 0.05) is 12.8 Å². The van der Waals surface area contributed by atoms with Crippen molar-refractivity contribution in [3.63, 3.8) is 0 Å². The fraction of sp³-hybridized carbons (Fsp3) is 0.750. The average molecular weight is 268 g/mol. The van der Waals surface area contributed by atoms with E-state index in [2.05, 4.69) is 51.1 Å². The topological polar surface area (TPSA) is 15.7 Å². The van der Waals surface area contributed by atoms with Crippen molar-refractivity contribution in [2.45, 2.75) is 38.5 Å². The summed E-state index contributed by atoms with van der Waals surface area (Å²) in [4.78, 5) is 4.40. The van der Waals surface area contributed by atoms with Gasteiger partial charge in [-0.05, 0) is 67.0 Å². The average Bonchev–Trinajstić information content (AvgIpc) is 2.30. The van der Waals surface area contributed by atoms with Crippen LogP contribution in [0.15, 0.2) is 24.7 Å². The molecule has 0 aliphatic rings. The van der Waals surface area contributed by atoms with Gasteiger partial charge < -0.3 is 14.5 Å². The Labute approximate surface area is 119 Å². The molecule has 0 fully saturated rings. The lowest BCUT2D eigenvalue weighted by Crippen LogP contribution is -2.12. The van der Waals surface area contributed by atoms with Crippen LogP contribution in [-0.2, 0) is 4.74 Å². The summed E-state index contributed by atoms with van der Waals surface area (Å²) in [6, 6.07) is 0. The predicted octanol–water partition coefficient (Wildman–Crippen LogP) is 3.49. The number of rotatable bonds is 12. The zero-order chi connectivity index (χ0) is 14.7. The fourth-order valence-electron chi connectivity index (χ4n) is 1.81. The highest BCUT2D eigenvalue weighted by atomic mass is 16.5. The van der Waals surface area contributed by atoms with Crippen molar-refractivity contribution in [1.82, 2.24) is 9.80 Å². The summed E-state index contributed by atoms with van der Waals surface area (Å²) in [5.74, 6) is 1.72. The summed E-state index contributed by atoms with van der Waals surface area (Å²) in [5.41, 5.74) is 0. The standard InChI is InChI=1S/C16H32N2O/c1-15(11-7-9-13-17(3)4)19-16(2)12-8-10-14-18(5)6/h1-2,7-14H2,3-6H3. The van der Waals surface area contributed by atoms with E-state index in [4.69, 9.17) is 4.74 Å². The van der Waals surface area contributed by atoms with Crippen molar-refractivity contribution < 1.29 is 4.74 Å². The van der Waals surface area contributed by atoms with Crippen LogP contribution in [0, 0.1) is 0 Å². The van der Waals surface area contributed by atoms with Gasteiger partial charge in [0.05, 0.1) is 11.5 Å². The second-order valence-electron chi connectivity index (χ2n) is 5.70. The summed E-state index contributed by atoms with van der Waals surface area (Å²) >= 11 is 0. The molecule has 19 heavy (non-hydrogen) atoms. The molecule has 0 bridgehead atoms. The van der Waals surface area contributed by atoms with Gasteiger partial charge in [-0.3, -0.25) is 0 Å². The van der Waals surface area contributed by atoms with Crippen molar-refractivity contribution in [2.24, 2.45) is 0 Å². The van der Waals surface area contributed by atoms with Crippen LogP contribution in [0.1, 0.15) is 38.5 Å². The quantitative estimate of drug-likeness (QED) is 0.398. The van der Waals surface area contributed by atoms with Gasteiger partial charge in [0.25, 0.3) is 0 Å². The molecule has 0 saturated carbocycles. The molecule has 0 unspecified atom stereocenters. The lowest BCUT2D eigenvalue weighted by molar-refractivity contribution is 0.270. The molecule has 0 N–H and O–H groups in total. The van der Waals surface area contributed by atoms with Crippen molar-refractivity contribution in [3.05, 3.63) is 24.7 Å². The molecule has 0 aromatic carbocycles. The zero-order valence-corrected chi connectivity index (χ0v) is 13.4. The third kappa shape index (κ3) is 13.4. The van der Waals surface area contributed by atoms with Gasteiger partial charge in [-0.1, -0.05) is 13.2 Å². The van der Waals surface area contributed by atoms with Gasteiger partial charge in [0.2, 0.25) is 0 Å². The Bertz CT molecular complexity index is 233. The maximum Gasteiger partial charge on any atom is 0.0964 e. The van der Waals surface area contributed by atoms with Gasteiger partial charge in [0.1, 0.15) is 0 Å². The molecule has 0 aromatic heterocycles. The molecular weight excluding hydrogens is 236 g/mol. The smallest absolute Gasteiger partial charge is 0.0964 e. The number of unbranched alkanes of at least 4 members (excludes halogenated alkanes) is 2. The number of ether oxygens (including phenoxy) is 1. The first kappa shape index (κ1) is 18.2. The molecule has 0 amide bonds. The molecule has 0 atom stereocenters. The van der Waals surface area contributed by atoms with E-state index in [1.807, 2.05) is 0 Å². The van der Waals surface area contributed by atoms with Crippen LogP contribution < -0.4 is 0 Å². The molecule has 0 aliphatic carbocycles. The van der Waals surface area contributed by atoms with Crippen LogP contribution in [0.2, 0.25) is 0 Å². The highest BCUT2D eigenvalue weighted by Gasteiger charge is 2.01. The molecule has 0 saturated heterocycles. The van der Waals surface area contributed by atoms with E-state index in [0.29, 0.717) is 0 Å². The number of allylic oxidation sites excluding steroid dienone is 2. The van der Waals surface area contributed by atoms with E-state index >= 15 is 0 Å². The Hall–Kier alpha value is -0.800. The minimum absolute atomic E-state index is 0.858. The van der Waals surface area contributed by atoms with Crippen LogP contribution in [0.5, 0.6) is 0 Å². The fourth-order valence-corrected chi connectivity index (χ4v) is 1.81. The lowest BCUT2D eigenvalue weighted by Gasteiger charge is -2.13. The Morgan fingerprint density at radius 2 is 1.11 bits per heavy atom. The first-order chi connectivity index (χ1) is 8.91. The van der Waals surface area contributed by atoms with E-state index in [1.54, 1.807) is 0 Å². The van der Waals surface area contributed by atoms with Gasteiger partial charge in [-0.15, -0.1) is 0 Å². The number of hydrogen-bond acceptors (Lipinski definition) is 3. The van der Waals surface area contributed by atoms with Crippen LogP contribution in [-0.4, -0.2) is 51.1 Å². The van der Waals surface area contributed by atoms with Crippen LogP contribution in [0.3, 0.4) is 0 Å². The van der Waals surface area contributed by atoms with Crippen LogP contribution >= 0.6 is 0 Å². The molecule has 0 aromatic rings. The third-order valence-corrected chi connectivity index (χ3v) is 2.91. The van der Waals surface area contributed by atoms with Crippen molar-refractivity contribution in [1.29, 1.82) is 0 Å². The minimum Gasteiger partial charge on any atom is -0.467 e. The Balaban J connectivity index is 3.50. The minimum atomic E-state index is 0.858. The van der Waals surface area contributed by atoms with E-state index in [-0.39, 0.29) is 0 Å². The molecule has 3 heteroatoms. The summed E-state index contributed by atoms with van der Waals surface area (Å²) < 4.78 is 5.65. The van der Waals surface area contributed by atoms with Gasteiger partial charge in [-0.25, -0.2) is 0 Å². The summed E-state index contributed by atoms with van der Waals surface area (Å²) in [6.07, 6.45) is 6.50. The maximum atomic E-state index is 5.65. The van der Waals surface area contributed by atoms with Crippen LogP contribution in [0.4, 0.5) is 0 Å². The molecule has 3 nitrogen and oxygen atoms in total. The van der Waals surface area contributed by atoms with Crippen molar-refractivity contribution in [3.8, 4) is 0 Å². The Morgan fingerprint density at radius 3 is 1.42 bits per heavy atom. The molecule has 0 heterocycles. The van der Waals surface area contributed by atoms with Crippen LogP contribution in [0.25, 0.3) is 0 Å². The lowest BCUT2D eigenvalue weighted by atomic mass is 10.2. The first-order valence-electron chi connectivity index (χ1n) is 7.24. The Kier molecular flexibility index (Phi) is 10.6. The SMILES string of the molecule is C=C(CCCCN(C)C)OC(=C)CCCCN(C)C. The van der Waals surface area contributed by atoms with Gasteiger partial charge in [0.15, 0.2) is 0 Å². The second kappa shape index (κ2) is 11.1. The summed E-state index contributed by atoms with van der Waals surface area (Å²) in [7, 11) is 8.39. The third-order valence-electron chi connectivity index (χ3n) is 2.91. The molecule has 0 rings (SSSR count). The Morgan fingerprint density at radius 1 is 0.737 bits per heavy atom. The summed E-state index contributed by atoms with van der Waals surface area (Å²) in [5, 5.41) is 0. The molecule has 0 spiro atoms. The largest absolute Gasteiger partial charge is 0.467 e. The molecule has 0 radical (unpaired) electrons. The van der Waals surface area contributed by atoms with E-state index in [0.717, 1.165) is 50.3 Å². The zero-order valence-electron chi connectivity index (χ0n) is 13.4. The second-order valence-corrected chi connectivity index (χ2v) is 5.70. The molecule has 0 aliphatic heterocycles. The maximum absolute atomic E-state index is 5.65. The number of nitrogens with zero attached hydrogens (tertiary/aromatic N) is 2. The van der Waals surface area contributed by atoms with E-state index in [1.165, 1.54) is 12.8 Å². The van der Waals surface area contributed by atoms with E-state index in [9.17, 15) is 0 Å². The van der Waals surface area contributed by atoms with E-state index < -0.39 is 0 Å². The van der Waals surface area contributed by atoms with Crippen molar-refractivity contribution >= 4 is 0 Å².